The number of hydrogen-bond donors (Lipinski definition) is 0. The molecule has 1 saturated heterocycles. The van der Waals surface area contributed by atoms with Gasteiger partial charge in [0.25, 0.3) is 0 Å². The summed E-state index contributed by atoms with van der Waals surface area (Å²) in [6.07, 6.45) is 7.45. The van der Waals surface area contributed by atoms with Crippen molar-refractivity contribution in [2.24, 2.45) is 0 Å². The zero-order valence-electron chi connectivity index (χ0n) is 17.9. The zero-order chi connectivity index (χ0) is 21.6. The van der Waals surface area contributed by atoms with Gasteiger partial charge in [-0.15, -0.1) is 0 Å². The third-order valence-corrected chi connectivity index (χ3v) is 6.98. The fraction of sp³-hybridized carbons (Fsp3) is 0.458. The van der Waals surface area contributed by atoms with Crippen LogP contribution in [-0.4, -0.2) is 28.2 Å². The minimum Gasteiger partial charge on any atom is -0.370 e. The predicted molar refractivity (Wildman–Crippen MR) is 119 cm³/mol. The standard InChI is InChI=1S/C24H26ClFN4O/c1-24(2)9-3-4-16-12-18(14-27-21(16)24)30-10-7-15(8-11-30)23-28-22(29-31-23)19-6-5-17(26)13-20(19)25/h5-6,12-15H,3-4,7-11H2,1-2H3. The lowest BCUT2D eigenvalue weighted by Crippen LogP contribution is -2.34. The van der Waals surface area contributed by atoms with Crippen molar-refractivity contribution in [1.29, 1.82) is 0 Å². The van der Waals surface area contributed by atoms with Crippen LogP contribution >= 0.6 is 11.6 Å². The number of rotatable bonds is 3. The van der Waals surface area contributed by atoms with Crippen LogP contribution in [0, 0.1) is 5.82 Å². The minimum atomic E-state index is -0.384. The summed E-state index contributed by atoms with van der Waals surface area (Å²) >= 11 is 6.14. The van der Waals surface area contributed by atoms with Gasteiger partial charge in [0.1, 0.15) is 5.82 Å². The van der Waals surface area contributed by atoms with Crippen LogP contribution in [-0.2, 0) is 11.8 Å². The van der Waals surface area contributed by atoms with E-state index in [2.05, 4.69) is 35.0 Å². The number of anilines is 1. The van der Waals surface area contributed by atoms with Gasteiger partial charge in [0, 0.05) is 35.7 Å². The number of nitrogens with zero attached hydrogens (tertiary/aromatic N) is 4. The van der Waals surface area contributed by atoms with Gasteiger partial charge in [0.2, 0.25) is 11.7 Å². The highest BCUT2D eigenvalue weighted by Crippen LogP contribution is 2.38. The van der Waals surface area contributed by atoms with E-state index < -0.39 is 0 Å². The maximum absolute atomic E-state index is 13.3. The van der Waals surface area contributed by atoms with E-state index in [0.29, 0.717) is 17.3 Å². The SMILES string of the molecule is CC1(C)CCCc2cc(N3CCC(c4nc(-c5ccc(F)cc5Cl)no4)CC3)cnc21. The molecule has 0 bridgehead atoms. The van der Waals surface area contributed by atoms with Gasteiger partial charge in [-0.1, -0.05) is 30.6 Å². The second-order valence-corrected chi connectivity index (χ2v) is 9.69. The molecule has 1 aromatic carbocycles. The summed E-state index contributed by atoms with van der Waals surface area (Å²) in [6.45, 7) is 6.43. The van der Waals surface area contributed by atoms with Crippen molar-refractivity contribution < 1.29 is 8.91 Å². The van der Waals surface area contributed by atoms with Crippen LogP contribution in [0.4, 0.5) is 10.1 Å². The monoisotopic (exact) mass is 440 g/mol. The highest BCUT2D eigenvalue weighted by molar-refractivity contribution is 6.33. The molecule has 162 valence electrons. The summed E-state index contributed by atoms with van der Waals surface area (Å²) < 4.78 is 18.8. The molecule has 2 aliphatic rings. The van der Waals surface area contributed by atoms with Crippen molar-refractivity contribution in [3.63, 3.8) is 0 Å². The highest BCUT2D eigenvalue weighted by atomic mass is 35.5. The van der Waals surface area contributed by atoms with Crippen LogP contribution in [0.2, 0.25) is 5.02 Å². The Morgan fingerprint density at radius 1 is 1.19 bits per heavy atom. The Morgan fingerprint density at radius 2 is 2.00 bits per heavy atom. The van der Waals surface area contributed by atoms with Crippen molar-refractivity contribution in [2.75, 3.05) is 18.0 Å². The van der Waals surface area contributed by atoms with Crippen LogP contribution < -0.4 is 4.90 Å². The first-order chi connectivity index (χ1) is 14.9. The number of piperidine rings is 1. The van der Waals surface area contributed by atoms with Crippen molar-refractivity contribution in [1.82, 2.24) is 15.1 Å². The molecular weight excluding hydrogens is 415 g/mol. The maximum atomic E-state index is 13.3. The van der Waals surface area contributed by atoms with Gasteiger partial charge in [-0.25, -0.2) is 4.39 Å². The van der Waals surface area contributed by atoms with E-state index in [1.54, 1.807) is 6.07 Å². The average molecular weight is 441 g/mol. The summed E-state index contributed by atoms with van der Waals surface area (Å²) in [5, 5.41) is 4.36. The number of aromatic nitrogens is 3. The molecule has 0 saturated carbocycles. The molecule has 2 aromatic heterocycles. The molecular formula is C24H26ClFN4O. The second kappa shape index (κ2) is 7.90. The first-order valence-corrected chi connectivity index (χ1v) is 11.3. The first kappa shape index (κ1) is 20.4. The minimum absolute atomic E-state index is 0.169. The Hall–Kier alpha value is -2.47. The number of hydrogen-bond acceptors (Lipinski definition) is 5. The third kappa shape index (κ3) is 3.93. The van der Waals surface area contributed by atoms with E-state index in [1.165, 1.54) is 41.9 Å². The summed E-state index contributed by atoms with van der Waals surface area (Å²) in [5.74, 6) is 0.857. The number of pyridine rings is 1. The van der Waals surface area contributed by atoms with E-state index in [-0.39, 0.29) is 22.2 Å². The Bertz CT molecular complexity index is 1100. The maximum Gasteiger partial charge on any atom is 0.230 e. The Morgan fingerprint density at radius 3 is 2.77 bits per heavy atom. The van der Waals surface area contributed by atoms with Gasteiger partial charge in [-0.3, -0.25) is 4.98 Å². The van der Waals surface area contributed by atoms with Crippen LogP contribution in [0.15, 0.2) is 35.0 Å². The van der Waals surface area contributed by atoms with Gasteiger partial charge in [-0.05, 0) is 61.9 Å². The number of halogens is 2. The third-order valence-electron chi connectivity index (χ3n) is 6.66. The fourth-order valence-corrected chi connectivity index (χ4v) is 5.13. The van der Waals surface area contributed by atoms with Crippen LogP contribution in [0.5, 0.6) is 0 Å². The van der Waals surface area contributed by atoms with Gasteiger partial charge in [0.05, 0.1) is 16.9 Å². The summed E-state index contributed by atoms with van der Waals surface area (Å²) in [4.78, 5) is 11.8. The van der Waals surface area contributed by atoms with Crippen molar-refractivity contribution >= 4 is 17.3 Å². The zero-order valence-corrected chi connectivity index (χ0v) is 18.6. The van der Waals surface area contributed by atoms with Gasteiger partial charge >= 0.3 is 0 Å². The molecule has 7 heteroatoms. The van der Waals surface area contributed by atoms with E-state index in [9.17, 15) is 4.39 Å². The van der Waals surface area contributed by atoms with E-state index >= 15 is 0 Å². The topological polar surface area (TPSA) is 55.1 Å². The Balaban J connectivity index is 1.28. The molecule has 1 fully saturated rings. The van der Waals surface area contributed by atoms with E-state index in [0.717, 1.165) is 32.4 Å². The van der Waals surface area contributed by atoms with Crippen molar-refractivity contribution in [2.45, 2.75) is 57.3 Å². The van der Waals surface area contributed by atoms with Crippen molar-refractivity contribution in [3.8, 4) is 11.4 Å². The normalized spacial score (nSPS) is 18.8. The molecule has 3 aromatic rings. The van der Waals surface area contributed by atoms with Crippen LogP contribution in [0.3, 0.4) is 0 Å². The molecule has 31 heavy (non-hydrogen) atoms. The predicted octanol–water partition coefficient (Wildman–Crippen LogP) is 5.92. The summed E-state index contributed by atoms with van der Waals surface area (Å²) in [6, 6.07) is 6.53. The van der Waals surface area contributed by atoms with Gasteiger partial charge in [-0.2, -0.15) is 4.98 Å². The van der Waals surface area contributed by atoms with E-state index in [4.69, 9.17) is 21.1 Å². The molecule has 0 spiro atoms. The second-order valence-electron chi connectivity index (χ2n) is 9.28. The fourth-order valence-electron chi connectivity index (χ4n) is 4.88. The van der Waals surface area contributed by atoms with Crippen molar-refractivity contribution in [3.05, 3.63) is 58.5 Å². The van der Waals surface area contributed by atoms with Gasteiger partial charge < -0.3 is 9.42 Å². The quantitative estimate of drug-likeness (QED) is 0.505. The molecule has 0 radical (unpaired) electrons. The van der Waals surface area contributed by atoms with Gasteiger partial charge in [0.15, 0.2) is 0 Å². The lowest BCUT2D eigenvalue weighted by molar-refractivity contribution is 0.329. The molecule has 0 amide bonds. The smallest absolute Gasteiger partial charge is 0.230 e. The molecule has 0 N–H and O–H groups in total. The molecule has 1 aliphatic heterocycles. The summed E-state index contributed by atoms with van der Waals surface area (Å²) in [5.41, 5.74) is 4.61. The molecule has 5 rings (SSSR count). The van der Waals surface area contributed by atoms with E-state index in [1.807, 2.05) is 6.20 Å². The lowest BCUT2D eigenvalue weighted by Gasteiger charge is -2.35. The molecule has 0 unspecified atom stereocenters. The number of aryl methyl sites for hydroxylation is 1. The number of fused-ring (bicyclic) bond motifs is 1. The van der Waals surface area contributed by atoms with Crippen LogP contribution in [0.25, 0.3) is 11.4 Å². The molecule has 5 nitrogen and oxygen atoms in total. The number of benzene rings is 1. The highest BCUT2D eigenvalue weighted by Gasteiger charge is 2.30. The largest absolute Gasteiger partial charge is 0.370 e. The Labute approximate surface area is 186 Å². The average Bonchev–Trinajstić information content (AvgIpc) is 3.23. The molecule has 3 heterocycles. The van der Waals surface area contributed by atoms with Crippen LogP contribution in [0.1, 0.15) is 62.6 Å². The molecule has 1 aliphatic carbocycles. The molecule has 0 atom stereocenters. The first-order valence-electron chi connectivity index (χ1n) is 10.9. The lowest BCUT2D eigenvalue weighted by atomic mass is 9.76. The summed E-state index contributed by atoms with van der Waals surface area (Å²) in [7, 11) is 0. The Kier molecular flexibility index (Phi) is 5.21.